The zero-order valence-corrected chi connectivity index (χ0v) is 68.5. The van der Waals surface area contributed by atoms with Crippen molar-refractivity contribution in [2.24, 2.45) is 0 Å². The Kier molecular flexibility index (Phi) is 75.5. The number of carbonyl (C=O) groups is 4. The number of unbranched alkanes of at least 4 members (excludes halogenated alkanes) is 45. The molecule has 0 radical (unpaired) electrons. The zero-order valence-electron chi connectivity index (χ0n) is 66.7. The fourth-order valence-corrected chi connectivity index (χ4v) is 13.6. The van der Waals surface area contributed by atoms with E-state index in [2.05, 4.69) is 76.3 Å². The lowest BCUT2D eigenvalue weighted by Gasteiger charge is -2.21. The number of esters is 4. The van der Waals surface area contributed by atoms with E-state index in [0.717, 1.165) is 109 Å². The topological polar surface area (TPSA) is 237 Å². The molecule has 17 nitrogen and oxygen atoms in total. The Morgan fingerprint density at radius 3 is 0.788 bits per heavy atom. The molecule has 0 aromatic rings. The van der Waals surface area contributed by atoms with Crippen LogP contribution in [0.1, 0.15) is 400 Å². The van der Waals surface area contributed by atoms with Crippen LogP contribution in [0.3, 0.4) is 0 Å². The first kappa shape index (κ1) is 101. The molecule has 0 bridgehead atoms. The van der Waals surface area contributed by atoms with Crippen LogP contribution in [0.25, 0.3) is 0 Å². The third-order valence-corrected chi connectivity index (χ3v) is 20.4. The van der Waals surface area contributed by atoms with Gasteiger partial charge in [-0.1, -0.05) is 345 Å². The summed E-state index contributed by atoms with van der Waals surface area (Å²) in [5, 5.41) is 10.7. The first-order valence-electron chi connectivity index (χ1n) is 42.5. The molecule has 0 aromatic carbocycles. The minimum absolute atomic E-state index is 0.0246. The summed E-state index contributed by atoms with van der Waals surface area (Å²) in [6.07, 6.45) is 79.1. The molecule has 0 rings (SSSR count). The second-order valence-electron chi connectivity index (χ2n) is 28.8. The highest BCUT2D eigenvalue weighted by Crippen LogP contribution is 2.45. The molecule has 19 heteroatoms. The fraction of sp³-hybridized carbons (Fsp3) is 0.835. The van der Waals surface area contributed by atoms with Crippen LogP contribution < -0.4 is 0 Å². The number of carbonyl (C=O) groups excluding carboxylic acids is 4. The predicted octanol–water partition coefficient (Wildman–Crippen LogP) is 25.0. The molecule has 0 amide bonds. The smallest absolute Gasteiger partial charge is 0.462 e. The molecule has 0 fully saturated rings. The molecule has 0 aliphatic heterocycles. The summed E-state index contributed by atoms with van der Waals surface area (Å²) >= 11 is 0. The number of phosphoric acid groups is 2. The molecule has 3 N–H and O–H groups in total. The van der Waals surface area contributed by atoms with Crippen LogP contribution >= 0.6 is 15.6 Å². The third-order valence-electron chi connectivity index (χ3n) is 18.5. The maximum absolute atomic E-state index is 13.1. The molecule has 0 saturated heterocycles. The van der Waals surface area contributed by atoms with Crippen molar-refractivity contribution < 1.29 is 80.2 Å². The van der Waals surface area contributed by atoms with Gasteiger partial charge in [0.1, 0.15) is 19.3 Å². The molecule has 0 saturated carbocycles. The molecular weight excluding hydrogens is 1350 g/mol. The Morgan fingerprint density at radius 1 is 0.269 bits per heavy atom. The van der Waals surface area contributed by atoms with Crippen molar-refractivity contribution >= 4 is 39.5 Å². The summed E-state index contributed by atoms with van der Waals surface area (Å²) < 4.78 is 68.7. The van der Waals surface area contributed by atoms with E-state index in [1.54, 1.807) is 0 Å². The van der Waals surface area contributed by atoms with Gasteiger partial charge >= 0.3 is 39.5 Å². The largest absolute Gasteiger partial charge is 0.472 e. The first-order valence-corrected chi connectivity index (χ1v) is 45.5. The average molecular weight is 1510 g/mol. The highest BCUT2D eigenvalue weighted by Gasteiger charge is 2.30. The maximum Gasteiger partial charge on any atom is 0.472 e. The third kappa shape index (κ3) is 76.9. The van der Waals surface area contributed by atoms with Crippen LogP contribution in [-0.2, 0) is 65.4 Å². The number of ether oxygens (including phenoxy) is 4. The van der Waals surface area contributed by atoms with Crippen LogP contribution in [-0.4, -0.2) is 96.7 Å². The van der Waals surface area contributed by atoms with Crippen molar-refractivity contribution in [2.75, 3.05) is 39.6 Å². The standard InChI is InChI=1S/C85H156O17P2/c1-5-9-13-17-21-25-29-33-37-39-43-46-50-54-58-62-66-70-83(88)96-76-81(102-85(90)72-68-64-60-56-52-48-44-40-38-34-30-26-22-18-14-10-6-2)78-100-104(93,94)98-74-79(86)73-97-103(91,92)99-77-80(101-84(89)71-67-63-59-55-51-47-42-36-32-28-24-20-16-12-8-4)75-95-82(87)69-65-61-57-53-49-45-41-35-31-27-23-19-15-11-7-3/h22,26,34-35,38,41,44,48,56,60,79-81,86H,5-21,23-25,27-33,36-37,39-40,42-43,45-47,49-55,57-59,61-78H2,1-4H3,(H,91,92)(H,93,94)/b26-22-,38-34-,41-35-,48-44-,60-56-/t79-,80+,81+/m0/s1. The van der Waals surface area contributed by atoms with Gasteiger partial charge in [0.15, 0.2) is 12.2 Å². The van der Waals surface area contributed by atoms with Crippen molar-refractivity contribution in [3.63, 3.8) is 0 Å². The molecule has 0 aliphatic rings. The molecule has 0 aliphatic carbocycles. The zero-order chi connectivity index (χ0) is 76.0. The highest BCUT2D eigenvalue weighted by molar-refractivity contribution is 7.47. The Bertz CT molecular complexity index is 2200. The summed E-state index contributed by atoms with van der Waals surface area (Å²) in [7, 11) is -9.96. The average Bonchev–Trinajstić information content (AvgIpc) is 1.04. The SMILES string of the molecule is CCCCC/C=C\C/C=C\C/C=C\C/C=C\CCCC(=O)O[C@H](COC(=O)CCCCCCCCCCCCCCCCCCC)COP(=O)(O)OC[C@@H](O)COP(=O)(O)OC[C@@H](COC(=O)CCCCCCC/C=C\CCCCCCCC)OC(=O)CCCCCCCCCCCCCCCCC. The van der Waals surface area contributed by atoms with E-state index in [4.69, 9.17) is 37.0 Å². The Labute approximate surface area is 635 Å². The van der Waals surface area contributed by atoms with Crippen molar-refractivity contribution in [1.29, 1.82) is 0 Å². The lowest BCUT2D eigenvalue weighted by molar-refractivity contribution is -0.161. The van der Waals surface area contributed by atoms with Crippen LogP contribution in [0.4, 0.5) is 0 Å². The van der Waals surface area contributed by atoms with Crippen molar-refractivity contribution in [3.8, 4) is 0 Å². The first-order chi connectivity index (χ1) is 50.7. The molecule has 2 unspecified atom stereocenters. The van der Waals surface area contributed by atoms with E-state index in [9.17, 15) is 43.2 Å². The van der Waals surface area contributed by atoms with Crippen LogP contribution in [0.2, 0.25) is 0 Å². The van der Waals surface area contributed by atoms with Crippen molar-refractivity contribution in [1.82, 2.24) is 0 Å². The second kappa shape index (κ2) is 77.9. The van der Waals surface area contributed by atoms with Gasteiger partial charge in [0, 0.05) is 25.7 Å². The van der Waals surface area contributed by atoms with Gasteiger partial charge in [0.2, 0.25) is 0 Å². The van der Waals surface area contributed by atoms with Gasteiger partial charge in [-0.25, -0.2) is 9.13 Å². The second-order valence-corrected chi connectivity index (χ2v) is 31.7. The molecule has 5 atom stereocenters. The summed E-state index contributed by atoms with van der Waals surface area (Å²) in [5.41, 5.74) is 0. The summed E-state index contributed by atoms with van der Waals surface area (Å²) in [6.45, 7) is 4.88. The van der Waals surface area contributed by atoms with E-state index in [-0.39, 0.29) is 25.7 Å². The number of aliphatic hydroxyl groups excluding tert-OH is 1. The van der Waals surface area contributed by atoms with Gasteiger partial charge in [-0.3, -0.25) is 37.3 Å². The Balaban J connectivity index is 5.37. The molecule has 104 heavy (non-hydrogen) atoms. The van der Waals surface area contributed by atoms with Crippen molar-refractivity contribution in [3.05, 3.63) is 60.8 Å². The highest BCUT2D eigenvalue weighted by atomic mass is 31.2. The molecule has 608 valence electrons. The van der Waals surface area contributed by atoms with E-state index >= 15 is 0 Å². The molecule has 0 heterocycles. The maximum atomic E-state index is 13.1. The van der Waals surface area contributed by atoms with E-state index < -0.39 is 97.5 Å². The lowest BCUT2D eigenvalue weighted by Crippen LogP contribution is -2.30. The normalized spacial score (nSPS) is 14.1. The van der Waals surface area contributed by atoms with Gasteiger partial charge < -0.3 is 33.8 Å². The molecule has 0 spiro atoms. The lowest BCUT2D eigenvalue weighted by atomic mass is 10.0. The summed E-state index contributed by atoms with van der Waals surface area (Å²) in [5.74, 6) is -2.21. The van der Waals surface area contributed by atoms with E-state index in [0.29, 0.717) is 32.1 Å². The monoisotopic (exact) mass is 1510 g/mol. The van der Waals surface area contributed by atoms with Crippen molar-refractivity contribution in [2.45, 2.75) is 418 Å². The predicted molar refractivity (Wildman–Crippen MR) is 427 cm³/mol. The van der Waals surface area contributed by atoms with Gasteiger partial charge in [-0.2, -0.15) is 0 Å². The van der Waals surface area contributed by atoms with Crippen LogP contribution in [0.5, 0.6) is 0 Å². The molecule has 0 aromatic heterocycles. The van der Waals surface area contributed by atoms with E-state index in [1.165, 1.54) is 205 Å². The number of phosphoric ester groups is 2. The summed E-state index contributed by atoms with van der Waals surface area (Å²) in [4.78, 5) is 73.1. The number of rotatable bonds is 81. The molecular formula is C85H156O17P2. The number of allylic oxidation sites excluding steroid dienone is 10. The minimum Gasteiger partial charge on any atom is -0.462 e. The Hall–Kier alpha value is -3.24. The quantitative estimate of drug-likeness (QED) is 0.0169. The minimum atomic E-state index is -4.99. The number of hydrogen-bond donors (Lipinski definition) is 3. The fourth-order valence-electron chi connectivity index (χ4n) is 12.0. The van der Waals surface area contributed by atoms with Crippen LogP contribution in [0.15, 0.2) is 60.8 Å². The van der Waals surface area contributed by atoms with E-state index in [1.807, 2.05) is 12.2 Å². The number of aliphatic hydroxyl groups is 1. The van der Waals surface area contributed by atoms with Gasteiger partial charge in [-0.05, 0) is 89.9 Å². The van der Waals surface area contributed by atoms with Gasteiger partial charge in [0.25, 0.3) is 0 Å². The van der Waals surface area contributed by atoms with Gasteiger partial charge in [0.05, 0.1) is 26.4 Å². The van der Waals surface area contributed by atoms with Gasteiger partial charge in [-0.15, -0.1) is 0 Å². The Morgan fingerprint density at radius 2 is 0.481 bits per heavy atom. The summed E-state index contributed by atoms with van der Waals surface area (Å²) in [6, 6.07) is 0. The van der Waals surface area contributed by atoms with Crippen LogP contribution in [0, 0.1) is 0 Å². The number of hydrogen-bond acceptors (Lipinski definition) is 15.